The van der Waals surface area contributed by atoms with Gasteiger partial charge in [-0.25, -0.2) is 0 Å². The van der Waals surface area contributed by atoms with Crippen LogP contribution in [0.4, 0.5) is 5.69 Å². The summed E-state index contributed by atoms with van der Waals surface area (Å²) in [5.41, 5.74) is 2.16. The van der Waals surface area contributed by atoms with E-state index in [0.29, 0.717) is 5.92 Å². The predicted octanol–water partition coefficient (Wildman–Crippen LogP) is 3.24. The lowest BCUT2D eigenvalue weighted by Gasteiger charge is -2.33. The molecule has 0 unspecified atom stereocenters. The first-order valence-corrected chi connectivity index (χ1v) is 8.86. The molecule has 3 heterocycles. The van der Waals surface area contributed by atoms with Gasteiger partial charge in [-0.2, -0.15) is 0 Å². The third-order valence-electron chi connectivity index (χ3n) is 5.12. The van der Waals surface area contributed by atoms with Crippen molar-refractivity contribution in [1.29, 1.82) is 0 Å². The van der Waals surface area contributed by atoms with Gasteiger partial charge in [0.15, 0.2) is 0 Å². The van der Waals surface area contributed by atoms with Gasteiger partial charge >= 0.3 is 0 Å². The number of rotatable bonds is 4. The van der Waals surface area contributed by atoms with Gasteiger partial charge in [0.1, 0.15) is 23.4 Å². The maximum Gasteiger partial charge on any atom is 0.145 e. The zero-order valence-electron chi connectivity index (χ0n) is 14.7. The van der Waals surface area contributed by atoms with Crippen LogP contribution in [-0.2, 0) is 6.54 Å². The van der Waals surface area contributed by atoms with Gasteiger partial charge < -0.3 is 14.2 Å². The molecule has 25 heavy (non-hydrogen) atoms. The third kappa shape index (κ3) is 2.81. The summed E-state index contributed by atoms with van der Waals surface area (Å²) in [4.78, 5) is 6.96. The molecule has 0 spiro atoms. The fourth-order valence-electron chi connectivity index (χ4n) is 3.78. The SMILES string of the molecule is CCn1cnnc1C1CCN(c2ccnc3c(OC)cccc23)CC1. The number of nitrogens with zero attached hydrogens (tertiary/aromatic N) is 5. The second-order valence-corrected chi connectivity index (χ2v) is 6.42. The van der Waals surface area contributed by atoms with E-state index in [1.165, 1.54) is 5.69 Å². The Morgan fingerprint density at radius 3 is 2.80 bits per heavy atom. The Bertz CT molecular complexity index is 867. The van der Waals surface area contributed by atoms with Crippen LogP contribution in [0.3, 0.4) is 0 Å². The van der Waals surface area contributed by atoms with Crippen molar-refractivity contribution in [2.24, 2.45) is 0 Å². The molecule has 0 bridgehead atoms. The molecule has 4 rings (SSSR count). The molecule has 1 fully saturated rings. The molecule has 1 aromatic carbocycles. The Balaban J connectivity index is 1.58. The lowest BCUT2D eigenvalue weighted by atomic mass is 9.95. The average Bonchev–Trinajstić information content (AvgIpc) is 3.16. The van der Waals surface area contributed by atoms with Crippen LogP contribution >= 0.6 is 0 Å². The van der Waals surface area contributed by atoms with Crippen LogP contribution in [0.1, 0.15) is 31.5 Å². The van der Waals surface area contributed by atoms with E-state index in [1.54, 1.807) is 7.11 Å². The summed E-state index contributed by atoms with van der Waals surface area (Å²) in [6, 6.07) is 8.22. The highest BCUT2D eigenvalue weighted by molar-refractivity contribution is 5.95. The minimum Gasteiger partial charge on any atom is -0.494 e. The minimum atomic E-state index is 0.487. The molecule has 6 nitrogen and oxygen atoms in total. The Labute approximate surface area is 147 Å². The minimum absolute atomic E-state index is 0.487. The second-order valence-electron chi connectivity index (χ2n) is 6.42. The van der Waals surface area contributed by atoms with Gasteiger partial charge in [-0.15, -0.1) is 10.2 Å². The molecule has 0 aliphatic carbocycles. The summed E-state index contributed by atoms with van der Waals surface area (Å²) in [7, 11) is 1.69. The summed E-state index contributed by atoms with van der Waals surface area (Å²) >= 11 is 0. The van der Waals surface area contributed by atoms with Gasteiger partial charge in [-0.05, 0) is 31.9 Å². The average molecular weight is 337 g/mol. The quantitative estimate of drug-likeness (QED) is 0.731. The van der Waals surface area contributed by atoms with Gasteiger partial charge in [0.2, 0.25) is 0 Å². The number of hydrogen-bond acceptors (Lipinski definition) is 5. The smallest absolute Gasteiger partial charge is 0.145 e. The summed E-state index contributed by atoms with van der Waals surface area (Å²) in [6.45, 7) is 5.09. The molecule has 3 aromatic rings. The number of piperidine rings is 1. The highest BCUT2D eigenvalue weighted by Crippen LogP contribution is 2.34. The molecular formula is C19H23N5O. The standard InChI is InChI=1S/C19H23N5O/c1-3-23-13-21-22-19(23)14-8-11-24(12-9-14)16-7-10-20-18-15(16)5-4-6-17(18)25-2/h4-7,10,13-14H,3,8-9,11-12H2,1-2H3. The number of ether oxygens (including phenoxy) is 1. The van der Waals surface area contributed by atoms with E-state index in [2.05, 4.69) is 43.7 Å². The second kappa shape index (κ2) is 6.70. The lowest BCUT2D eigenvalue weighted by molar-refractivity contribution is 0.419. The summed E-state index contributed by atoms with van der Waals surface area (Å²) in [5, 5.41) is 9.58. The van der Waals surface area contributed by atoms with Crippen LogP contribution in [0.2, 0.25) is 0 Å². The highest BCUT2D eigenvalue weighted by Gasteiger charge is 2.25. The van der Waals surface area contributed by atoms with Crippen LogP contribution < -0.4 is 9.64 Å². The van der Waals surface area contributed by atoms with Gasteiger partial charge in [-0.3, -0.25) is 4.98 Å². The molecule has 0 amide bonds. The first kappa shape index (κ1) is 15.9. The molecule has 6 heteroatoms. The topological polar surface area (TPSA) is 56.1 Å². The molecular weight excluding hydrogens is 314 g/mol. The van der Waals surface area contributed by atoms with E-state index in [1.807, 2.05) is 24.7 Å². The van der Waals surface area contributed by atoms with Crippen LogP contribution in [0, 0.1) is 0 Å². The molecule has 2 aromatic heterocycles. The van der Waals surface area contributed by atoms with E-state index < -0.39 is 0 Å². The van der Waals surface area contributed by atoms with Crippen molar-refractivity contribution in [1.82, 2.24) is 19.7 Å². The monoisotopic (exact) mass is 337 g/mol. The molecule has 0 saturated carbocycles. The first-order valence-electron chi connectivity index (χ1n) is 8.86. The maximum atomic E-state index is 5.46. The number of benzene rings is 1. The normalized spacial score (nSPS) is 15.7. The molecule has 1 aliphatic heterocycles. The largest absolute Gasteiger partial charge is 0.494 e. The zero-order chi connectivity index (χ0) is 17.2. The van der Waals surface area contributed by atoms with E-state index in [0.717, 1.165) is 55.0 Å². The van der Waals surface area contributed by atoms with Gasteiger partial charge in [-0.1, -0.05) is 12.1 Å². The lowest BCUT2D eigenvalue weighted by Crippen LogP contribution is -2.33. The first-order chi connectivity index (χ1) is 12.3. The van der Waals surface area contributed by atoms with E-state index in [9.17, 15) is 0 Å². The van der Waals surface area contributed by atoms with Gasteiger partial charge in [0.05, 0.1) is 7.11 Å². The third-order valence-corrected chi connectivity index (χ3v) is 5.12. The van der Waals surface area contributed by atoms with Crippen molar-refractivity contribution >= 4 is 16.6 Å². The summed E-state index contributed by atoms with van der Waals surface area (Å²) in [5.74, 6) is 2.44. The molecule has 1 aliphatic rings. The van der Waals surface area contributed by atoms with Crippen LogP contribution in [-0.4, -0.2) is 39.9 Å². The fourth-order valence-corrected chi connectivity index (χ4v) is 3.78. The molecule has 130 valence electrons. The van der Waals surface area contributed by atoms with E-state index in [-0.39, 0.29) is 0 Å². The summed E-state index contributed by atoms with van der Waals surface area (Å²) < 4.78 is 7.62. The Hall–Kier alpha value is -2.63. The van der Waals surface area contributed by atoms with Crippen molar-refractivity contribution in [3.63, 3.8) is 0 Å². The molecule has 0 atom stereocenters. The van der Waals surface area contributed by atoms with Crippen LogP contribution in [0.5, 0.6) is 5.75 Å². The van der Waals surface area contributed by atoms with E-state index in [4.69, 9.17) is 4.74 Å². The number of pyridine rings is 1. The Morgan fingerprint density at radius 1 is 1.20 bits per heavy atom. The van der Waals surface area contributed by atoms with Crippen molar-refractivity contribution in [2.45, 2.75) is 32.2 Å². The number of para-hydroxylation sites is 1. The van der Waals surface area contributed by atoms with Crippen LogP contribution in [0.15, 0.2) is 36.8 Å². The summed E-state index contributed by atoms with van der Waals surface area (Å²) in [6.07, 6.45) is 5.89. The number of fused-ring (bicyclic) bond motifs is 1. The van der Waals surface area contributed by atoms with Crippen LogP contribution in [0.25, 0.3) is 10.9 Å². The number of aromatic nitrogens is 4. The van der Waals surface area contributed by atoms with Crippen molar-refractivity contribution < 1.29 is 4.74 Å². The Kier molecular flexibility index (Phi) is 4.26. The van der Waals surface area contributed by atoms with E-state index >= 15 is 0 Å². The highest BCUT2D eigenvalue weighted by atomic mass is 16.5. The zero-order valence-corrected chi connectivity index (χ0v) is 14.7. The molecule has 0 radical (unpaired) electrons. The number of aryl methyl sites for hydroxylation is 1. The molecule has 1 saturated heterocycles. The maximum absolute atomic E-state index is 5.46. The molecule has 0 N–H and O–H groups in total. The van der Waals surface area contributed by atoms with Crippen molar-refractivity contribution in [3.8, 4) is 5.75 Å². The predicted molar refractivity (Wildman–Crippen MR) is 98.2 cm³/mol. The Morgan fingerprint density at radius 2 is 2.04 bits per heavy atom. The number of hydrogen-bond donors (Lipinski definition) is 0. The number of methoxy groups -OCH3 is 1. The van der Waals surface area contributed by atoms with Crippen molar-refractivity contribution in [2.75, 3.05) is 25.1 Å². The van der Waals surface area contributed by atoms with Gasteiger partial charge in [0.25, 0.3) is 0 Å². The van der Waals surface area contributed by atoms with Crippen molar-refractivity contribution in [3.05, 3.63) is 42.6 Å². The number of anilines is 1. The fraction of sp³-hybridized carbons (Fsp3) is 0.421. The van der Waals surface area contributed by atoms with Gasteiger partial charge in [0, 0.05) is 42.8 Å².